The van der Waals surface area contributed by atoms with Crippen LogP contribution in [0.5, 0.6) is 0 Å². The first-order valence-corrected chi connectivity index (χ1v) is 7.52. The van der Waals surface area contributed by atoms with E-state index < -0.39 is 5.97 Å². The molecule has 98 valence electrons. The molecular weight excluding hydrogens is 248 g/mol. The molecule has 1 aromatic rings. The van der Waals surface area contributed by atoms with Gasteiger partial charge in [0.1, 0.15) is 6.04 Å². The van der Waals surface area contributed by atoms with Crippen molar-refractivity contribution >= 4 is 22.4 Å². The van der Waals surface area contributed by atoms with Gasteiger partial charge in [-0.3, -0.25) is 0 Å². The normalized spacial score (nSPS) is 30.7. The highest BCUT2D eigenvalue weighted by Gasteiger charge is 2.48. The fraction of sp³-hybridized carbons (Fsp3) is 0.692. The second-order valence-electron chi connectivity index (χ2n) is 5.27. The van der Waals surface area contributed by atoms with Gasteiger partial charge < -0.3 is 10.0 Å². The Bertz CT molecular complexity index is 460. The highest BCUT2D eigenvalue weighted by atomic mass is 32.1. The van der Waals surface area contributed by atoms with Crippen LogP contribution in [-0.4, -0.2) is 28.6 Å². The number of nitrogens with zero attached hydrogens (tertiary/aromatic N) is 2. The second kappa shape index (κ2) is 4.53. The van der Waals surface area contributed by atoms with E-state index in [2.05, 4.69) is 11.9 Å². The Morgan fingerprint density at radius 1 is 1.61 bits per heavy atom. The maximum Gasteiger partial charge on any atom is 0.326 e. The third-order valence-corrected chi connectivity index (χ3v) is 5.22. The van der Waals surface area contributed by atoms with Crippen molar-refractivity contribution in [3.63, 3.8) is 0 Å². The fourth-order valence-corrected chi connectivity index (χ4v) is 4.36. The molecule has 1 N–H and O–H groups in total. The predicted octanol–water partition coefficient (Wildman–Crippen LogP) is 2.39. The van der Waals surface area contributed by atoms with Crippen LogP contribution in [0, 0.1) is 11.8 Å². The van der Waals surface area contributed by atoms with Gasteiger partial charge in [-0.15, -0.1) is 11.3 Å². The minimum absolute atomic E-state index is 0.330. The lowest BCUT2D eigenvalue weighted by atomic mass is 9.94. The van der Waals surface area contributed by atoms with Crippen LogP contribution in [-0.2, 0) is 11.2 Å². The van der Waals surface area contributed by atoms with E-state index in [1.807, 2.05) is 10.3 Å². The lowest BCUT2D eigenvalue weighted by Gasteiger charge is -2.23. The van der Waals surface area contributed by atoms with E-state index in [1.165, 1.54) is 12.8 Å². The van der Waals surface area contributed by atoms with Crippen molar-refractivity contribution in [3.05, 3.63) is 11.1 Å². The molecule has 2 fully saturated rings. The number of carbonyl (C=O) groups is 1. The molecule has 2 heterocycles. The maximum absolute atomic E-state index is 11.5. The molecule has 1 aromatic heterocycles. The number of rotatable bonds is 3. The molecule has 0 aromatic carbocycles. The molecule has 3 atom stereocenters. The number of thiazole rings is 1. The SMILES string of the molecule is CCc1csc(N2CC3CCCC3C2C(=O)O)n1. The van der Waals surface area contributed by atoms with Crippen molar-refractivity contribution in [2.24, 2.45) is 11.8 Å². The molecule has 4 nitrogen and oxygen atoms in total. The van der Waals surface area contributed by atoms with Crippen molar-refractivity contribution in [1.29, 1.82) is 0 Å². The predicted molar refractivity (Wildman–Crippen MR) is 71.1 cm³/mol. The Morgan fingerprint density at radius 2 is 2.44 bits per heavy atom. The molecule has 0 radical (unpaired) electrons. The van der Waals surface area contributed by atoms with Crippen LogP contribution >= 0.6 is 11.3 Å². The quantitative estimate of drug-likeness (QED) is 0.912. The second-order valence-corrected chi connectivity index (χ2v) is 6.10. The first-order chi connectivity index (χ1) is 8.70. The van der Waals surface area contributed by atoms with Crippen LogP contribution in [0.15, 0.2) is 5.38 Å². The van der Waals surface area contributed by atoms with Gasteiger partial charge in [-0.05, 0) is 31.1 Å². The standard InChI is InChI=1S/C13H18N2O2S/c1-2-9-7-18-13(14-9)15-6-8-4-3-5-10(8)11(15)12(16)17/h7-8,10-11H,2-6H2,1H3,(H,16,17). The Hall–Kier alpha value is -1.10. The number of anilines is 1. The van der Waals surface area contributed by atoms with E-state index in [4.69, 9.17) is 0 Å². The molecule has 0 amide bonds. The fourth-order valence-electron chi connectivity index (χ4n) is 3.41. The summed E-state index contributed by atoms with van der Waals surface area (Å²) in [6.07, 6.45) is 4.33. The van der Waals surface area contributed by atoms with Crippen LogP contribution in [0.1, 0.15) is 31.9 Å². The van der Waals surface area contributed by atoms with E-state index >= 15 is 0 Å². The monoisotopic (exact) mass is 266 g/mol. The molecule has 5 heteroatoms. The molecule has 1 aliphatic heterocycles. The first-order valence-electron chi connectivity index (χ1n) is 6.64. The third kappa shape index (κ3) is 1.81. The largest absolute Gasteiger partial charge is 0.480 e. The Kier molecular flexibility index (Phi) is 3.01. The smallest absolute Gasteiger partial charge is 0.326 e. The van der Waals surface area contributed by atoms with Gasteiger partial charge in [-0.25, -0.2) is 9.78 Å². The number of aryl methyl sites for hydroxylation is 1. The average Bonchev–Trinajstić information content (AvgIpc) is 3.02. The Morgan fingerprint density at radius 3 is 3.11 bits per heavy atom. The first kappa shape index (κ1) is 12.0. The summed E-state index contributed by atoms with van der Waals surface area (Å²) in [6.45, 7) is 2.95. The molecule has 0 spiro atoms. The minimum atomic E-state index is -0.683. The maximum atomic E-state index is 11.5. The van der Waals surface area contributed by atoms with E-state index in [1.54, 1.807) is 11.3 Å². The molecule has 3 rings (SSSR count). The summed E-state index contributed by atoms with van der Waals surface area (Å²) >= 11 is 1.58. The zero-order valence-corrected chi connectivity index (χ0v) is 11.3. The highest BCUT2D eigenvalue weighted by Crippen LogP contribution is 2.44. The van der Waals surface area contributed by atoms with Crippen molar-refractivity contribution in [3.8, 4) is 0 Å². The molecule has 1 aliphatic carbocycles. The molecule has 1 saturated heterocycles. The van der Waals surface area contributed by atoms with E-state index in [9.17, 15) is 9.90 Å². The number of carboxylic acids is 1. The highest BCUT2D eigenvalue weighted by molar-refractivity contribution is 7.13. The molecule has 0 bridgehead atoms. The van der Waals surface area contributed by atoms with Crippen molar-refractivity contribution in [2.75, 3.05) is 11.4 Å². The summed E-state index contributed by atoms with van der Waals surface area (Å²) in [7, 11) is 0. The summed E-state index contributed by atoms with van der Waals surface area (Å²) in [6, 6.07) is -0.353. The summed E-state index contributed by atoms with van der Waals surface area (Å²) in [4.78, 5) is 18.1. The van der Waals surface area contributed by atoms with Crippen LogP contribution in [0.4, 0.5) is 5.13 Å². The molecule has 2 aliphatic rings. The van der Waals surface area contributed by atoms with Gasteiger partial charge in [0.15, 0.2) is 5.13 Å². The van der Waals surface area contributed by atoms with Gasteiger partial charge in [0, 0.05) is 11.9 Å². The van der Waals surface area contributed by atoms with Gasteiger partial charge in [0.05, 0.1) is 5.69 Å². The van der Waals surface area contributed by atoms with Crippen molar-refractivity contribution in [2.45, 2.75) is 38.6 Å². The summed E-state index contributed by atoms with van der Waals surface area (Å²) in [5.74, 6) is 0.203. The summed E-state index contributed by atoms with van der Waals surface area (Å²) < 4.78 is 0. The molecular formula is C13H18N2O2S. The number of hydrogen-bond donors (Lipinski definition) is 1. The lowest BCUT2D eigenvalue weighted by Crippen LogP contribution is -2.39. The van der Waals surface area contributed by atoms with Crippen LogP contribution < -0.4 is 4.90 Å². The number of hydrogen-bond acceptors (Lipinski definition) is 4. The van der Waals surface area contributed by atoms with Crippen LogP contribution in [0.3, 0.4) is 0 Å². The Balaban J connectivity index is 1.88. The summed E-state index contributed by atoms with van der Waals surface area (Å²) in [5.41, 5.74) is 1.07. The summed E-state index contributed by atoms with van der Waals surface area (Å²) in [5, 5.41) is 12.4. The van der Waals surface area contributed by atoms with E-state index in [0.717, 1.165) is 30.2 Å². The van der Waals surface area contributed by atoms with Gasteiger partial charge in [-0.1, -0.05) is 13.3 Å². The molecule has 3 unspecified atom stereocenters. The number of fused-ring (bicyclic) bond motifs is 1. The van der Waals surface area contributed by atoms with Crippen molar-refractivity contribution in [1.82, 2.24) is 4.98 Å². The van der Waals surface area contributed by atoms with E-state index in [0.29, 0.717) is 11.8 Å². The van der Waals surface area contributed by atoms with E-state index in [-0.39, 0.29) is 6.04 Å². The van der Waals surface area contributed by atoms with Crippen LogP contribution in [0.2, 0.25) is 0 Å². The lowest BCUT2D eigenvalue weighted by molar-refractivity contribution is -0.139. The van der Waals surface area contributed by atoms with Gasteiger partial charge >= 0.3 is 5.97 Å². The number of aromatic nitrogens is 1. The molecule has 18 heavy (non-hydrogen) atoms. The third-order valence-electron chi connectivity index (χ3n) is 4.29. The topological polar surface area (TPSA) is 53.4 Å². The molecule has 1 saturated carbocycles. The number of carboxylic acid groups (broad SMARTS) is 1. The van der Waals surface area contributed by atoms with Gasteiger partial charge in [0.25, 0.3) is 0 Å². The van der Waals surface area contributed by atoms with Crippen molar-refractivity contribution < 1.29 is 9.90 Å². The number of aliphatic carboxylic acids is 1. The van der Waals surface area contributed by atoms with Crippen LogP contribution in [0.25, 0.3) is 0 Å². The zero-order chi connectivity index (χ0) is 12.7. The average molecular weight is 266 g/mol. The van der Waals surface area contributed by atoms with Gasteiger partial charge in [0.2, 0.25) is 0 Å². The Labute approximate surface area is 111 Å². The van der Waals surface area contributed by atoms with Gasteiger partial charge in [-0.2, -0.15) is 0 Å². The zero-order valence-electron chi connectivity index (χ0n) is 10.5. The minimum Gasteiger partial charge on any atom is -0.480 e.